The predicted octanol–water partition coefficient (Wildman–Crippen LogP) is 0.229. The molecule has 0 saturated heterocycles. The van der Waals surface area contributed by atoms with E-state index in [1.165, 1.54) is 0 Å². The second kappa shape index (κ2) is 9.62. The van der Waals surface area contributed by atoms with Crippen LogP contribution in [0.5, 0.6) is 0 Å². The summed E-state index contributed by atoms with van der Waals surface area (Å²) in [6, 6.07) is 9.49. The van der Waals surface area contributed by atoms with Gasteiger partial charge in [-0.1, -0.05) is 18.2 Å². The third-order valence-corrected chi connectivity index (χ3v) is 0.800. The molecule has 0 aliphatic heterocycles. The van der Waals surface area contributed by atoms with Crippen LogP contribution in [-0.2, 0) is 0 Å². The van der Waals surface area contributed by atoms with Crippen molar-refractivity contribution in [3.8, 4) is 0 Å². The second-order valence-corrected chi connectivity index (χ2v) is 1.41. The number of anilines is 1. The van der Waals surface area contributed by atoms with Crippen molar-refractivity contribution in [2.45, 2.75) is 0 Å². The summed E-state index contributed by atoms with van der Waals surface area (Å²) in [4.78, 5) is 0. The molecule has 10 heavy (non-hydrogen) atoms. The molecule has 0 aromatic heterocycles. The van der Waals surface area contributed by atoms with Crippen LogP contribution in [0, 0.1) is 0 Å². The molecule has 3 N–H and O–H groups in total. The van der Waals surface area contributed by atoms with Crippen LogP contribution in [0.3, 0.4) is 0 Å². The first-order chi connectivity index (χ1) is 4.39. The van der Waals surface area contributed by atoms with Crippen molar-refractivity contribution in [2.24, 2.45) is 0 Å². The first-order valence-electron chi connectivity index (χ1n) is 2.65. The fraction of sp³-hybridized carbons (Fsp3) is 0.143. The standard InChI is InChI=1S/C6H7N.CH4O.K.H/c7-6-4-2-1-3-5-6;1-2;;/h1-5H,7H2;2H,1H3;;. The molecule has 0 atom stereocenters. The number of hydrogen-bond donors (Lipinski definition) is 2. The van der Waals surface area contributed by atoms with Crippen molar-refractivity contribution in [2.75, 3.05) is 12.8 Å². The summed E-state index contributed by atoms with van der Waals surface area (Å²) in [5.41, 5.74) is 6.18. The zero-order valence-electron chi connectivity index (χ0n) is 5.41. The van der Waals surface area contributed by atoms with Gasteiger partial charge in [0.15, 0.2) is 0 Å². The Morgan fingerprint density at radius 2 is 1.50 bits per heavy atom. The molecule has 0 unspecified atom stereocenters. The molecule has 0 fully saturated rings. The van der Waals surface area contributed by atoms with E-state index >= 15 is 0 Å². The van der Waals surface area contributed by atoms with Crippen LogP contribution in [0.25, 0.3) is 0 Å². The van der Waals surface area contributed by atoms with Crippen LogP contribution in [0.2, 0.25) is 0 Å². The van der Waals surface area contributed by atoms with E-state index < -0.39 is 0 Å². The maximum absolute atomic E-state index is 7.00. The zero-order chi connectivity index (χ0) is 7.11. The van der Waals surface area contributed by atoms with E-state index in [4.69, 9.17) is 10.8 Å². The van der Waals surface area contributed by atoms with Gasteiger partial charge in [-0.15, -0.1) is 0 Å². The molecule has 0 heterocycles. The van der Waals surface area contributed by atoms with Crippen LogP contribution >= 0.6 is 0 Å². The minimum atomic E-state index is 0. The quantitative estimate of drug-likeness (QED) is 0.427. The molecule has 3 heteroatoms. The number of aliphatic hydroxyl groups is 1. The molecule has 1 aromatic carbocycles. The van der Waals surface area contributed by atoms with E-state index in [9.17, 15) is 0 Å². The van der Waals surface area contributed by atoms with Gasteiger partial charge in [-0.3, -0.25) is 0 Å². The summed E-state index contributed by atoms with van der Waals surface area (Å²) in [6.45, 7) is 0. The van der Waals surface area contributed by atoms with Crippen molar-refractivity contribution in [3.05, 3.63) is 30.3 Å². The van der Waals surface area contributed by atoms with Gasteiger partial charge in [0, 0.05) is 12.8 Å². The number of para-hydroxylation sites is 1. The van der Waals surface area contributed by atoms with E-state index in [0.717, 1.165) is 12.8 Å². The number of nitrogen functional groups attached to an aromatic ring is 1. The third-order valence-electron chi connectivity index (χ3n) is 0.800. The molecule has 0 amide bonds. The van der Waals surface area contributed by atoms with Crippen LogP contribution < -0.4 is 5.73 Å². The molecule has 52 valence electrons. The number of nitrogens with two attached hydrogens (primary N) is 1. The SMILES string of the molecule is CO.Nc1ccccc1.[KH]. The average molecular weight is 165 g/mol. The van der Waals surface area contributed by atoms with E-state index in [1.807, 2.05) is 30.3 Å². The van der Waals surface area contributed by atoms with Gasteiger partial charge >= 0.3 is 51.4 Å². The summed E-state index contributed by atoms with van der Waals surface area (Å²) in [5, 5.41) is 7.00. The Morgan fingerprint density at radius 3 is 1.70 bits per heavy atom. The molecule has 1 rings (SSSR count). The van der Waals surface area contributed by atoms with Crippen molar-refractivity contribution in [3.63, 3.8) is 0 Å². The van der Waals surface area contributed by atoms with E-state index in [2.05, 4.69) is 0 Å². The molecule has 1 aromatic rings. The van der Waals surface area contributed by atoms with Gasteiger partial charge in [-0.25, -0.2) is 0 Å². The molecule has 0 bridgehead atoms. The number of hydrogen-bond acceptors (Lipinski definition) is 2. The van der Waals surface area contributed by atoms with E-state index in [1.54, 1.807) is 0 Å². The Bertz CT molecular complexity index is 144. The number of benzene rings is 1. The Kier molecular flexibility index (Phi) is 12.7. The Labute approximate surface area is 104 Å². The van der Waals surface area contributed by atoms with Crippen molar-refractivity contribution < 1.29 is 5.11 Å². The second-order valence-electron chi connectivity index (χ2n) is 1.41. The molecular weight excluding hydrogens is 153 g/mol. The first kappa shape index (κ1) is 13.2. The fourth-order valence-electron chi connectivity index (χ4n) is 0.453. The zero-order valence-corrected chi connectivity index (χ0v) is 5.41. The Balaban J connectivity index is 0. The Morgan fingerprint density at radius 1 is 1.10 bits per heavy atom. The predicted molar refractivity (Wildman–Crippen MR) is 46.1 cm³/mol. The molecule has 2 nitrogen and oxygen atoms in total. The minimum absolute atomic E-state index is 0. The fourth-order valence-corrected chi connectivity index (χ4v) is 0.453. The number of aliphatic hydroxyl groups excluding tert-OH is 1. The van der Waals surface area contributed by atoms with E-state index in [0.29, 0.717) is 0 Å². The molecule has 0 aliphatic rings. The summed E-state index contributed by atoms with van der Waals surface area (Å²) in [7, 11) is 1.00. The molecular formula is C7H12KNO. The molecule has 0 radical (unpaired) electrons. The molecule has 0 aliphatic carbocycles. The summed E-state index contributed by atoms with van der Waals surface area (Å²) in [5.74, 6) is 0. The summed E-state index contributed by atoms with van der Waals surface area (Å²) >= 11 is 0. The maximum atomic E-state index is 7.00. The van der Waals surface area contributed by atoms with Gasteiger partial charge in [0.25, 0.3) is 0 Å². The van der Waals surface area contributed by atoms with Gasteiger partial charge in [-0.2, -0.15) is 0 Å². The van der Waals surface area contributed by atoms with Gasteiger partial charge < -0.3 is 10.8 Å². The van der Waals surface area contributed by atoms with Crippen molar-refractivity contribution in [1.82, 2.24) is 0 Å². The van der Waals surface area contributed by atoms with Crippen LogP contribution in [-0.4, -0.2) is 63.6 Å². The van der Waals surface area contributed by atoms with Gasteiger partial charge in [0.2, 0.25) is 0 Å². The van der Waals surface area contributed by atoms with Gasteiger partial charge in [-0.05, 0) is 12.1 Å². The summed E-state index contributed by atoms with van der Waals surface area (Å²) < 4.78 is 0. The number of rotatable bonds is 0. The van der Waals surface area contributed by atoms with Crippen LogP contribution in [0.1, 0.15) is 0 Å². The van der Waals surface area contributed by atoms with Crippen molar-refractivity contribution in [1.29, 1.82) is 0 Å². The topological polar surface area (TPSA) is 46.2 Å². The average Bonchev–Trinajstić information content (AvgIpc) is 1.94. The van der Waals surface area contributed by atoms with Gasteiger partial charge in [0.1, 0.15) is 0 Å². The normalized spacial score (nSPS) is 6.60. The Hall–Kier alpha value is 0.616. The molecule has 0 saturated carbocycles. The summed E-state index contributed by atoms with van der Waals surface area (Å²) in [6.07, 6.45) is 0. The van der Waals surface area contributed by atoms with Crippen LogP contribution in [0.4, 0.5) is 5.69 Å². The van der Waals surface area contributed by atoms with Crippen molar-refractivity contribution >= 4 is 57.1 Å². The first-order valence-corrected chi connectivity index (χ1v) is 2.65. The van der Waals surface area contributed by atoms with E-state index in [-0.39, 0.29) is 51.4 Å². The van der Waals surface area contributed by atoms with Crippen LogP contribution in [0.15, 0.2) is 30.3 Å². The monoisotopic (exact) mass is 165 g/mol. The van der Waals surface area contributed by atoms with Gasteiger partial charge in [0.05, 0.1) is 0 Å². The molecule has 0 spiro atoms. The third kappa shape index (κ3) is 6.73.